The van der Waals surface area contributed by atoms with Gasteiger partial charge in [0, 0.05) is 57.1 Å². The van der Waals surface area contributed by atoms with Gasteiger partial charge in [0.2, 0.25) is 0 Å². The minimum Gasteiger partial charge on any atom is -0.364 e. The summed E-state index contributed by atoms with van der Waals surface area (Å²) in [5.74, 6) is 0. The molecule has 2 saturated heterocycles. The molecule has 0 N–H and O–H groups in total. The van der Waals surface area contributed by atoms with Crippen LogP contribution in [0, 0.1) is 6.92 Å². The molecule has 9 heteroatoms. The predicted molar refractivity (Wildman–Crippen MR) is 149 cm³/mol. The van der Waals surface area contributed by atoms with Gasteiger partial charge < -0.3 is 14.2 Å². The molecule has 2 aliphatic rings. The third-order valence-electron chi connectivity index (χ3n) is 8.37. The summed E-state index contributed by atoms with van der Waals surface area (Å²) in [6, 6.07) is 8.90. The molecule has 0 bridgehead atoms. The van der Waals surface area contributed by atoms with Crippen molar-refractivity contribution in [3.8, 4) is 0 Å². The molecule has 3 aromatic heterocycles. The van der Waals surface area contributed by atoms with Crippen LogP contribution in [0.5, 0.6) is 0 Å². The SMILES string of the molecule is Cc1cnc2ccc([C@H](C)N3C[C@H](C)N(c4cc(=O)n(C)c5cn(C6CCCCO6)nc45)C[C@H]3C)cc2n1. The molecule has 0 spiro atoms. The number of nitrogens with zero attached hydrogens (tertiary/aromatic N) is 7. The van der Waals surface area contributed by atoms with Crippen LogP contribution >= 0.6 is 0 Å². The van der Waals surface area contributed by atoms with Gasteiger partial charge >= 0.3 is 0 Å². The molecule has 200 valence electrons. The number of anilines is 1. The highest BCUT2D eigenvalue weighted by Gasteiger charge is 2.34. The van der Waals surface area contributed by atoms with Crippen molar-refractivity contribution in [2.24, 2.45) is 7.05 Å². The molecule has 6 rings (SSSR count). The highest BCUT2D eigenvalue weighted by molar-refractivity contribution is 5.88. The van der Waals surface area contributed by atoms with E-state index in [1.54, 1.807) is 10.6 Å². The summed E-state index contributed by atoms with van der Waals surface area (Å²) >= 11 is 0. The van der Waals surface area contributed by atoms with E-state index in [1.165, 1.54) is 5.56 Å². The molecule has 2 fully saturated rings. The molecule has 0 aliphatic carbocycles. The van der Waals surface area contributed by atoms with Gasteiger partial charge in [-0.1, -0.05) is 6.07 Å². The summed E-state index contributed by atoms with van der Waals surface area (Å²) in [6.07, 6.45) is 6.89. The third kappa shape index (κ3) is 4.37. The van der Waals surface area contributed by atoms with E-state index < -0.39 is 0 Å². The van der Waals surface area contributed by atoms with E-state index in [0.29, 0.717) is 0 Å². The lowest BCUT2D eigenvalue weighted by Crippen LogP contribution is -2.57. The normalized spacial score (nSPS) is 23.8. The second-order valence-corrected chi connectivity index (χ2v) is 11.1. The zero-order chi connectivity index (χ0) is 26.6. The molecule has 4 aromatic rings. The van der Waals surface area contributed by atoms with Crippen LogP contribution < -0.4 is 10.5 Å². The monoisotopic (exact) mass is 515 g/mol. The van der Waals surface area contributed by atoms with E-state index in [0.717, 1.165) is 72.4 Å². The van der Waals surface area contributed by atoms with Crippen LogP contribution in [0.4, 0.5) is 5.69 Å². The third-order valence-corrected chi connectivity index (χ3v) is 8.37. The number of ether oxygens (including phenoxy) is 1. The van der Waals surface area contributed by atoms with Crippen LogP contribution in [-0.2, 0) is 11.8 Å². The Labute approximate surface area is 223 Å². The van der Waals surface area contributed by atoms with Gasteiger partial charge in [-0.3, -0.25) is 14.7 Å². The molecular weight excluding hydrogens is 478 g/mol. The predicted octanol–water partition coefficient (Wildman–Crippen LogP) is 4.35. The topological polar surface area (TPSA) is 81.3 Å². The Kier molecular flexibility index (Phi) is 6.44. The van der Waals surface area contributed by atoms with Crippen molar-refractivity contribution in [3.63, 3.8) is 0 Å². The van der Waals surface area contributed by atoms with Gasteiger partial charge in [-0.15, -0.1) is 0 Å². The van der Waals surface area contributed by atoms with E-state index in [-0.39, 0.29) is 29.9 Å². The number of aryl methyl sites for hydroxylation is 2. The first-order valence-corrected chi connectivity index (χ1v) is 13.8. The molecule has 0 amide bonds. The van der Waals surface area contributed by atoms with E-state index in [2.05, 4.69) is 53.8 Å². The highest BCUT2D eigenvalue weighted by Crippen LogP contribution is 2.34. The molecule has 4 atom stereocenters. The second-order valence-electron chi connectivity index (χ2n) is 11.1. The van der Waals surface area contributed by atoms with Gasteiger partial charge in [0.15, 0.2) is 0 Å². The Bertz CT molecular complexity index is 1540. The van der Waals surface area contributed by atoms with E-state index in [1.807, 2.05) is 31.0 Å². The Balaban J connectivity index is 1.29. The molecule has 1 aromatic carbocycles. The summed E-state index contributed by atoms with van der Waals surface area (Å²) in [5, 5.41) is 4.97. The maximum absolute atomic E-state index is 13.0. The fourth-order valence-corrected chi connectivity index (χ4v) is 6.11. The average molecular weight is 516 g/mol. The summed E-state index contributed by atoms with van der Waals surface area (Å²) in [5.41, 5.74) is 6.65. The molecule has 0 saturated carbocycles. The Morgan fingerprint density at radius 2 is 1.92 bits per heavy atom. The number of piperazine rings is 1. The zero-order valence-corrected chi connectivity index (χ0v) is 23.0. The summed E-state index contributed by atoms with van der Waals surface area (Å²) in [4.78, 5) is 27.1. The van der Waals surface area contributed by atoms with E-state index in [9.17, 15) is 4.79 Å². The minimum absolute atomic E-state index is 0.0140. The van der Waals surface area contributed by atoms with Crippen LogP contribution in [0.1, 0.15) is 63.6 Å². The van der Waals surface area contributed by atoms with Gasteiger partial charge in [0.1, 0.15) is 11.7 Å². The Hall–Kier alpha value is -3.30. The molecule has 9 nitrogen and oxygen atoms in total. The van der Waals surface area contributed by atoms with Crippen LogP contribution in [0.25, 0.3) is 22.1 Å². The number of aromatic nitrogens is 5. The molecule has 1 unspecified atom stereocenters. The van der Waals surface area contributed by atoms with Crippen molar-refractivity contribution in [2.75, 3.05) is 24.6 Å². The summed E-state index contributed by atoms with van der Waals surface area (Å²) < 4.78 is 9.60. The lowest BCUT2D eigenvalue weighted by atomic mass is 9.99. The van der Waals surface area contributed by atoms with Crippen molar-refractivity contribution >= 4 is 27.8 Å². The number of pyridine rings is 1. The fraction of sp³-hybridized carbons (Fsp3) is 0.517. The molecular formula is C29H37N7O2. The molecule has 2 aliphatic heterocycles. The molecule has 5 heterocycles. The van der Waals surface area contributed by atoms with Gasteiger partial charge in [-0.25, -0.2) is 9.67 Å². The first-order chi connectivity index (χ1) is 18.3. The minimum atomic E-state index is -0.0661. The number of fused-ring (bicyclic) bond motifs is 2. The summed E-state index contributed by atoms with van der Waals surface area (Å²) in [7, 11) is 1.82. The smallest absolute Gasteiger partial charge is 0.252 e. The lowest BCUT2D eigenvalue weighted by molar-refractivity contribution is -0.0390. The van der Waals surface area contributed by atoms with Crippen LogP contribution in [0.15, 0.2) is 41.5 Å². The molecule has 38 heavy (non-hydrogen) atoms. The largest absolute Gasteiger partial charge is 0.364 e. The fourth-order valence-electron chi connectivity index (χ4n) is 6.11. The number of rotatable bonds is 4. The first kappa shape index (κ1) is 25.0. The Morgan fingerprint density at radius 3 is 2.71 bits per heavy atom. The van der Waals surface area contributed by atoms with Gasteiger partial charge in [0.05, 0.1) is 34.1 Å². The quantitative estimate of drug-likeness (QED) is 0.400. The summed E-state index contributed by atoms with van der Waals surface area (Å²) in [6.45, 7) is 11.2. The van der Waals surface area contributed by atoms with Gasteiger partial charge in [-0.2, -0.15) is 5.10 Å². The van der Waals surface area contributed by atoms with Crippen LogP contribution in [0.3, 0.4) is 0 Å². The maximum Gasteiger partial charge on any atom is 0.252 e. The number of hydrogen-bond acceptors (Lipinski definition) is 7. The van der Waals surface area contributed by atoms with E-state index in [4.69, 9.17) is 14.8 Å². The zero-order valence-electron chi connectivity index (χ0n) is 23.0. The van der Waals surface area contributed by atoms with Gasteiger partial charge in [0.25, 0.3) is 5.56 Å². The maximum atomic E-state index is 13.0. The lowest BCUT2D eigenvalue weighted by Gasteiger charge is -2.47. The standard InChI is InChI=1S/C29H37N7O2/c1-18-14-30-23-10-9-22(12-24(23)31-18)21(4)34-15-20(3)35(16-19(34)2)25-13-27(37)33(5)26-17-36(32-29(25)26)28-8-6-7-11-38-28/h9-10,12-14,17,19-21,28H,6-8,11,15-16H2,1-5H3/t19-,20+,21+,28?/m1/s1. The van der Waals surface area contributed by atoms with Crippen LogP contribution in [-0.4, -0.2) is 61.0 Å². The number of hydrogen-bond donors (Lipinski definition) is 0. The highest BCUT2D eigenvalue weighted by atomic mass is 16.5. The second kappa shape index (κ2) is 9.78. The average Bonchev–Trinajstić information content (AvgIpc) is 3.37. The van der Waals surface area contributed by atoms with Crippen molar-refractivity contribution in [1.29, 1.82) is 0 Å². The molecule has 0 radical (unpaired) electrons. The Morgan fingerprint density at radius 1 is 1.08 bits per heavy atom. The van der Waals surface area contributed by atoms with E-state index >= 15 is 0 Å². The number of benzene rings is 1. The van der Waals surface area contributed by atoms with Crippen LogP contribution in [0.2, 0.25) is 0 Å². The van der Waals surface area contributed by atoms with Gasteiger partial charge in [-0.05, 0) is 64.7 Å². The first-order valence-electron chi connectivity index (χ1n) is 13.8. The van der Waals surface area contributed by atoms with Crippen molar-refractivity contribution < 1.29 is 4.74 Å². The van der Waals surface area contributed by atoms with Crippen molar-refractivity contribution in [1.82, 2.24) is 29.2 Å². The van der Waals surface area contributed by atoms with Crippen molar-refractivity contribution in [3.05, 3.63) is 58.3 Å². The van der Waals surface area contributed by atoms with Crippen molar-refractivity contribution in [2.45, 2.75) is 71.3 Å².